The van der Waals surface area contributed by atoms with Crippen molar-refractivity contribution in [3.63, 3.8) is 0 Å². The SMILES string of the molecule is O=C(O)c1c2c(c(Br)c3c1OCC3)OCC2. The Bertz CT molecular complexity index is 460. The van der Waals surface area contributed by atoms with Crippen molar-refractivity contribution in [1.82, 2.24) is 0 Å². The molecule has 0 amide bonds. The van der Waals surface area contributed by atoms with Gasteiger partial charge in [-0.15, -0.1) is 0 Å². The highest BCUT2D eigenvalue weighted by molar-refractivity contribution is 9.10. The average molecular weight is 285 g/mol. The molecule has 84 valence electrons. The number of carboxylic acids is 1. The number of ether oxygens (including phenoxy) is 2. The van der Waals surface area contributed by atoms with Gasteiger partial charge in [0.25, 0.3) is 0 Å². The van der Waals surface area contributed by atoms with Crippen LogP contribution in [-0.4, -0.2) is 24.3 Å². The van der Waals surface area contributed by atoms with Gasteiger partial charge in [0.2, 0.25) is 0 Å². The molecule has 0 fully saturated rings. The van der Waals surface area contributed by atoms with E-state index in [4.69, 9.17) is 9.47 Å². The van der Waals surface area contributed by atoms with Crippen LogP contribution >= 0.6 is 15.9 Å². The number of hydrogen-bond acceptors (Lipinski definition) is 3. The predicted octanol–water partition coefficient (Wildman–Crippen LogP) is 2.02. The molecule has 0 aliphatic carbocycles. The monoisotopic (exact) mass is 284 g/mol. The topological polar surface area (TPSA) is 55.8 Å². The summed E-state index contributed by atoms with van der Waals surface area (Å²) in [5.74, 6) is 0.262. The minimum atomic E-state index is -0.938. The van der Waals surface area contributed by atoms with E-state index in [9.17, 15) is 9.90 Å². The molecule has 0 aromatic heterocycles. The molecule has 3 rings (SSSR count). The molecular weight excluding hydrogens is 276 g/mol. The maximum absolute atomic E-state index is 11.3. The van der Waals surface area contributed by atoms with Crippen LogP contribution in [-0.2, 0) is 12.8 Å². The van der Waals surface area contributed by atoms with Crippen molar-refractivity contribution in [1.29, 1.82) is 0 Å². The Labute approximate surface area is 100 Å². The fraction of sp³-hybridized carbons (Fsp3) is 0.364. The third-order valence-corrected chi connectivity index (χ3v) is 3.79. The maximum atomic E-state index is 11.3. The molecule has 0 bridgehead atoms. The summed E-state index contributed by atoms with van der Waals surface area (Å²) >= 11 is 3.47. The van der Waals surface area contributed by atoms with Crippen molar-refractivity contribution in [2.24, 2.45) is 0 Å². The van der Waals surface area contributed by atoms with E-state index in [-0.39, 0.29) is 5.56 Å². The highest BCUT2D eigenvalue weighted by Crippen LogP contribution is 2.46. The van der Waals surface area contributed by atoms with Gasteiger partial charge in [-0.3, -0.25) is 0 Å². The second kappa shape index (κ2) is 3.38. The van der Waals surface area contributed by atoms with Crippen molar-refractivity contribution in [3.8, 4) is 11.5 Å². The number of benzene rings is 1. The van der Waals surface area contributed by atoms with Gasteiger partial charge in [0.15, 0.2) is 0 Å². The lowest BCUT2D eigenvalue weighted by Crippen LogP contribution is -2.04. The second-order valence-electron chi connectivity index (χ2n) is 3.81. The standard InChI is InChI=1S/C11H9BrO4/c12-8-6-2-4-15-9(6)7(11(13)14)5-1-3-16-10(5)8/h1-4H2,(H,13,14). The third kappa shape index (κ3) is 1.18. The number of rotatable bonds is 1. The summed E-state index contributed by atoms with van der Waals surface area (Å²) in [6.45, 7) is 1.08. The number of hydrogen-bond donors (Lipinski definition) is 1. The lowest BCUT2D eigenvalue weighted by atomic mass is 10.00. The van der Waals surface area contributed by atoms with Crippen LogP contribution in [0, 0.1) is 0 Å². The number of halogens is 1. The quantitative estimate of drug-likeness (QED) is 0.857. The van der Waals surface area contributed by atoms with Gasteiger partial charge in [0.05, 0.1) is 17.7 Å². The number of aromatic carboxylic acids is 1. The fourth-order valence-electron chi connectivity index (χ4n) is 2.28. The van der Waals surface area contributed by atoms with E-state index in [1.807, 2.05) is 0 Å². The van der Waals surface area contributed by atoms with Crippen LogP contribution in [0.15, 0.2) is 4.47 Å². The Kier molecular flexibility index (Phi) is 2.10. The number of carboxylic acid groups (broad SMARTS) is 1. The van der Waals surface area contributed by atoms with Crippen molar-refractivity contribution in [2.45, 2.75) is 12.8 Å². The van der Waals surface area contributed by atoms with Crippen molar-refractivity contribution >= 4 is 21.9 Å². The molecule has 2 aliphatic heterocycles. The van der Waals surface area contributed by atoms with Crippen LogP contribution in [0.3, 0.4) is 0 Å². The van der Waals surface area contributed by atoms with E-state index in [0.717, 1.165) is 22.0 Å². The van der Waals surface area contributed by atoms with Crippen molar-refractivity contribution in [3.05, 3.63) is 21.2 Å². The number of carbonyl (C=O) groups is 1. The first-order valence-corrected chi connectivity index (χ1v) is 5.85. The average Bonchev–Trinajstić information content (AvgIpc) is 2.84. The molecule has 0 saturated heterocycles. The van der Waals surface area contributed by atoms with E-state index < -0.39 is 5.97 Å². The largest absolute Gasteiger partial charge is 0.492 e. The molecule has 0 saturated carbocycles. The number of fused-ring (bicyclic) bond motifs is 2. The molecule has 0 unspecified atom stereocenters. The molecule has 0 radical (unpaired) electrons. The third-order valence-electron chi connectivity index (χ3n) is 2.95. The molecule has 1 aromatic carbocycles. The zero-order chi connectivity index (χ0) is 11.3. The van der Waals surface area contributed by atoms with Gasteiger partial charge in [0.1, 0.15) is 17.1 Å². The van der Waals surface area contributed by atoms with Crippen LogP contribution in [0.2, 0.25) is 0 Å². The van der Waals surface area contributed by atoms with Gasteiger partial charge < -0.3 is 14.6 Å². The minimum absolute atomic E-state index is 0.281. The Hall–Kier alpha value is -1.23. The maximum Gasteiger partial charge on any atom is 0.339 e. The van der Waals surface area contributed by atoms with E-state index in [1.54, 1.807) is 0 Å². The van der Waals surface area contributed by atoms with Crippen LogP contribution < -0.4 is 9.47 Å². The fourth-order valence-corrected chi connectivity index (χ4v) is 3.01. The lowest BCUT2D eigenvalue weighted by Gasteiger charge is -2.11. The molecule has 1 aromatic rings. The zero-order valence-electron chi connectivity index (χ0n) is 8.38. The Balaban J connectivity index is 2.36. The molecule has 5 heteroatoms. The van der Waals surface area contributed by atoms with Gasteiger partial charge in [-0.2, -0.15) is 0 Å². The van der Waals surface area contributed by atoms with E-state index >= 15 is 0 Å². The predicted molar refractivity (Wildman–Crippen MR) is 59.5 cm³/mol. The highest BCUT2D eigenvalue weighted by atomic mass is 79.9. The van der Waals surface area contributed by atoms with Gasteiger partial charge >= 0.3 is 5.97 Å². The van der Waals surface area contributed by atoms with Crippen LogP contribution in [0.5, 0.6) is 11.5 Å². The summed E-state index contributed by atoms with van der Waals surface area (Å²) in [7, 11) is 0. The first kappa shape index (κ1) is 9.96. The summed E-state index contributed by atoms with van der Waals surface area (Å²) in [4.78, 5) is 11.3. The Morgan fingerprint density at radius 2 is 1.75 bits per heavy atom. The van der Waals surface area contributed by atoms with E-state index in [1.165, 1.54) is 0 Å². The normalized spacial score (nSPS) is 16.3. The van der Waals surface area contributed by atoms with Gasteiger partial charge in [-0.1, -0.05) is 0 Å². The first-order chi connectivity index (χ1) is 7.70. The lowest BCUT2D eigenvalue weighted by molar-refractivity contribution is 0.0692. The van der Waals surface area contributed by atoms with E-state index in [0.29, 0.717) is 31.1 Å². The smallest absolute Gasteiger partial charge is 0.339 e. The van der Waals surface area contributed by atoms with Gasteiger partial charge in [-0.25, -0.2) is 4.79 Å². The summed E-state index contributed by atoms with van der Waals surface area (Å²) in [6.07, 6.45) is 1.36. The summed E-state index contributed by atoms with van der Waals surface area (Å²) < 4.78 is 11.8. The minimum Gasteiger partial charge on any atom is -0.492 e. The molecule has 0 spiro atoms. The summed E-state index contributed by atoms with van der Waals surface area (Å²) in [5, 5.41) is 9.25. The zero-order valence-corrected chi connectivity index (χ0v) is 9.96. The molecule has 16 heavy (non-hydrogen) atoms. The van der Waals surface area contributed by atoms with Gasteiger partial charge in [-0.05, 0) is 15.9 Å². The van der Waals surface area contributed by atoms with E-state index in [2.05, 4.69) is 15.9 Å². The van der Waals surface area contributed by atoms with Crippen LogP contribution in [0.1, 0.15) is 21.5 Å². The van der Waals surface area contributed by atoms with Crippen LogP contribution in [0.25, 0.3) is 0 Å². The molecule has 2 heterocycles. The Morgan fingerprint density at radius 1 is 1.12 bits per heavy atom. The molecule has 2 aliphatic rings. The second-order valence-corrected chi connectivity index (χ2v) is 4.60. The molecule has 1 N–H and O–H groups in total. The summed E-state index contributed by atoms with van der Waals surface area (Å²) in [6, 6.07) is 0. The molecular formula is C11H9BrO4. The summed E-state index contributed by atoms with van der Waals surface area (Å²) in [5.41, 5.74) is 1.95. The Morgan fingerprint density at radius 3 is 2.44 bits per heavy atom. The molecule has 4 nitrogen and oxygen atoms in total. The first-order valence-electron chi connectivity index (χ1n) is 5.06. The van der Waals surface area contributed by atoms with Gasteiger partial charge in [0, 0.05) is 24.0 Å². The molecule has 0 atom stereocenters. The van der Waals surface area contributed by atoms with Crippen molar-refractivity contribution in [2.75, 3.05) is 13.2 Å². The van der Waals surface area contributed by atoms with Crippen molar-refractivity contribution < 1.29 is 19.4 Å². The highest BCUT2D eigenvalue weighted by Gasteiger charge is 2.33. The van der Waals surface area contributed by atoms with Crippen LogP contribution in [0.4, 0.5) is 0 Å².